The Kier molecular flexibility index (Phi) is 6.81. The summed E-state index contributed by atoms with van der Waals surface area (Å²) in [7, 11) is 1.32. The zero-order chi connectivity index (χ0) is 27.0. The summed E-state index contributed by atoms with van der Waals surface area (Å²) < 4.78 is 35.5. The maximum Gasteiger partial charge on any atom is 0.407 e. The molecule has 1 aromatic carbocycles. The number of carbonyl (C=O) groups excluding carboxylic acids is 1. The number of alkyl carbamates (subject to hydrolysis) is 1. The molecule has 38 heavy (non-hydrogen) atoms. The normalized spacial score (nSPS) is 19.4. The van der Waals surface area contributed by atoms with Crippen molar-refractivity contribution < 1.29 is 18.3 Å². The van der Waals surface area contributed by atoms with E-state index in [0.717, 1.165) is 5.69 Å². The number of piperidine rings is 1. The molecule has 198 valence electrons. The summed E-state index contributed by atoms with van der Waals surface area (Å²) in [6.45, 7) is 4.74. The smallest absolute Gasteiger partial charge is 0.407 e. The first-order valence-corrected chi connectivity index (χ1v) is 12.1. The van der Waals surface area contributed by atoms with E-state index in [-0.39, 0.29) is 29.3 Å². The van der Waals surface area contributed by atoms with E-state index in [4.69, 9.17) is 10.5 Å². The van der Waals surface area contributed by atoms with Crippen molar-refractivity contribution in [3.8, 4) is 11.3 Å². The van der Waals surface area contributed by atoms with E-state index >= 15 is 0 Å². The van der Waals surface area contributed by atoms with Crippen LogP contribution in [0.2, 0.25) is 0 Å². The second kappa shape index (κ2) is 10.2. The lowest BCUT2D eigenvalue weighted by Gasteiger charge is -2.42. The molecule has 0 aliphatic carbocycles. The molecule has 1 fully saturated rings. The zero-order valence-corrected chi connectivity index (χ0v) is 21.2. The molecule has 10 nitrogen and oxygen atoms in total. The fourth-order valence-corrected chi connectivity index (χ4v) is 4.89. The van der Waals surface area contributed by atoms with Gasteiger partial charge in [-0.25, -0.2) is 18.6 Å². The molecule has 3 aromatic heterocycles. The van der Waals surface area contributed by atoms with Gasteiger partial charge in [-0.3, -0.25) is 4.98 Å². The van der Waals surface area contributed by atoms with Gasteiger partial charge in [-0.2, -0.15) is 9.61 Å². The van der Waals surface area contributed by atoms with E-state index < -0.39 is 17.7 Å². The molecule has 1 saturated heterocycles. The number of aromatic nitrogens is 4. The number of nitrogens with two attached hydrogens (primary N) is 1. The fourth-order valence-electron chi connectivity index (χ4n) is 4.89. The quantitative estimate of drug-likeness (QED) is 0.363. The van der Waals surface area contributed by atoms with Crippen LogP contribution in [-0.4, -0.2) is 58.0 Å². The summed E-state index contributed by atoms with van der Waals surface area (Å²) in [5.74, 6) is -0.985. The average molecular weight is 523 g/mol. The number of halogens is 2. The van der Waals surface area contributed by atoms with Gasteiger partial charge in [0.05, 0.1) is 53.7 Å². The highest BCUT2D eigenvalue weighted by Crippen LogP contribution is 2.32. The molecule has 4 heterocycles. The Morgan fingerprint density at radius 1 is 1.16 bits per heavy atom. The third-order valence-electron chi connectivity index (χ3n) is 6.70. The van der Waals surface area contributed by atoms with Gasteiger partial charge in [-0.1, -0.05) is 6.92 Å². The van der Waals surface area contributed by atoms with Crippen LogP contribution >= 0.6 is 0 Å². The summed E-state index contributed by atoms with van der Waals surface area (Å²) in [6.07, 6.45) is 4.44. The number of hydrogen-bond acceptors (Lipinski definition) is 8. The lowest BCUT2D eigenvalue weighted by molar-refractivity contribution is 0.156. The van der Waals surface area contributed by atoms with Gasteiger partial charge in [-0.05, 0) is 48.7 Å². The molecule has 5 rings (SSSR count). The van der Waals surface area contributed by atoms with Gasteiger partial charge in [0.15, 0.2) is 0 Å². The van der Waals surface area contributed by atoms with Gasteiger partial charge in [0.25, 0.3) is 0 Å². The van der Waals surface area contributed by atoms with Gasteiger partial charge in [0.1, 0.15) is 11.6 Å². The number of aryl methyl sites for hydroxylation is 1. The number of pyridine rings is 1. The second-order valence-corrected chi connectivity index (χ2v) is 9.47. The van der Waals surface area contributed by atoms with Crippen LogP contribution in [0.5, 0.6) is 0 Å². The minimum Gasteiger partial charge on any atom is -0.453 e. The van der Waals surface area contributed by atoms with Gasteiger partial charge >= 0.3 is 6.09 Å². The molecule has 4 N–H and O–H groups in total. The number of imidazole rings is 1. The van der Waals surface area contributed by atoms with Crippen molar-refractivity contribution in [1.82, 2.24) is 24.9 Å². The molecule has 12 heteroatoms. The number of nitrogens with one attached hydrogen (secondary N) is 2. The van der Waals surface area contributed by atoms with Gasteiger partial charge < -0.3 is 26.0 Å². The third-order valence-corrected chi connectivity index (χ3v) is 6.70. The number of carbonyl (C=O) groups is 1. The van der Waals surface area contributed by atoms with Crippen molar-refractivity contribution in [3.63, 3.8) is 0 Å². The molecule has 3 unspecified atom stereocenters. The molecule has 4 aromatic rings. The molecular weight excluding hydrogens is 494 g/mol. The van der Waals surface area contributed by atoms with E-state index in [2.05, 4.69) is 30.6 Å². The van der Waals surface area contributed by atoms with Crippen LogP contribution in [0, 0.1) is 24.5 Å². The second-order valence-electron chi connectivity index (χ2n) is 9.47. The van der Waals surface area contributed by atoms with Crippen LogP contribution in [0.4, 0.5) is 30.9 Å². The number of hydrogen-bond donors (Lipinski definition) is 3. The van der Waals surface area contributed by atoms with Crippen LogP contribution in [0.3, 0.4) is 0 Å². The van der Waals surface area contributed by atoms with Crippen LogP contribution < -0.4 is 21.3 Å². The molecular formula is C26H28F2N8O2. The molecule has 0 spiro atoms. The molecule has 0 radical (unpaired) electrons. The highest BCUT2D eigenvalue weighted by Gasteiger charge is 2.34. The lowest BCUT2D eigenvalue weighted by Crippen LogP contribution is -2.62. The minimum atomic E-state index is -0.686. The predicted molar refractivity (Wildman–Crippen MR) is 139 cm³/mol. The summed E-state index contributed by atoms with van der Waals surface area (Å²) >= 11 is 0. The summed E-state index contributed by atoms with van der Waals surface area (Å²) in [5, 5.41) is 10.6. The molecule has 1 aliphatic heterocycles. The standard InChI is InChI=1S/C26H28F2N8O2/c1-14-8-17(27)23(18(28)9-14)20-5-4-16-10-31-25(36(16)34-20)32-21-11-30-7-6-22(21)35-12-15(2)24(19(29)13-35)33-26(37)38-3/h4-11,15,19,24H,12-13,29H2,1-3H3,(H,31,32)(H,33,37). The van der Waals surface area contributed by atoms with Gasteiger partial charge in [-0.15, -0.1) is 0 Å². The third kappa shape index (κ3) is 4.82. The first-order valence-electron chi connectivity index (χ1n) is 12.1. The lowest BCUT2D eigenvalue weighted by atomic mass is 9.90. The average Bonchev–Trinajstić information content (AvgIpc) is 3.27. The van der Waals surface area contributed by atoms with E-state index in [1.165, 1.54) is 23.8 Å². The number of rotatable bonds is 5. The van der Waals surface area contributed by atoms with Gasteiger partial charge in [0.2, 0.25) is 5.95 Å². The Balaban J connectivity index is 1.44. The maximum atomic E-state index is 14.6. The first kappa shape index (κ1) is 25.3. The van der Waals surface area contributed by atoms with Crippen LogP contribution in [0.25, 0.3) is 16.8 Å². The van der Waals surface area contributed by atoms with Gasteiger partial charge in [0, 0.05) is 25.3 Å². The van der Waals surface area contributed by atoms with E-state index in [1.807, 2.05) is 13.0 Å². The maximum absolute atomic E-state index is 14.6. The topological polar surface area (TPSA) is 123 Å². The Labute approximate surface area is 217 Å². The van der Waals surface area contributed by atoms with E-state index in [1.54, 1.807) is 37.6 Å². The summed E-state index contributed by atoms with van der Waals surface area (Å²) in [6, 6.07) is 7.09. The monoisotopic (exact) mass is 522 g/mol. The number of amides is 1. The molecule has 1 aliphatic rings. The Morgan fingerprint density at radius 3 is 2.63 bits per heavy atom. The number of methoxy groups -OCH3 is 1. The summed E-state index contributed by atoms with van der Waals surface area (Å²) in [5.41, 5.74) is 8.98. The number of nitrogens with zero attached hydrogens (tertiary/aromatic N) is 5. The SMILES string of the molecule is COC(=O)NC1C(C)CN(c2ccncc2Nc2ncc3ccc(-c4c(F)cc(C)cc4F)nn23)CC1N. The van der Waals surface area contributed by atoms with Crippen molar-refractivity contribution >= 4 is 28.9 Å². The van der Waals surface area contributed by atoms with Crippen molar-refractivity contribution in [2.45, 2.75) is 25.9 Å². The highest BCUT2D eigenvalue weighted by molar-refractivity contribution is 5.74. The molecule has 1 amide bonds. The number of anilines is 3. The van der Waals surface area contributed by atoms with Crippen molar-refractivity contribution in [2.24, 2.45) is 11.7 Å². The fraction of sp³-hybridized carbons (Fsp3) is 0.308. The van der Waals surface area contributed by atoms with Crippen molar-refractivity contribution in [3.05, 3.63) is 66.1 Å². The van der Waals surface area contributed by atoms with Crippen molar-refractivity contribution in [1.29, 1.82) is 0 Å². The predicted octanol–water partition coefficient (Wildman–Crippen LogP) is 3.63. The van der Waals surface area contributed by atoms with Crippen molar-refractivity contribution in [2.75, 3.05) is 30.4 Å². The molecule has 3 atom stereocenters. The van der Waals surface area contributed by atoms with Crippen LogP contribution in [0.15, 0.2) is 48.9 Å². The Hall–Kier alpha value is -4.32. The number of benzene rings is 1. The minimum absolute atomic E-state index is 0.0367. The molecule has 0 saturated carbocycles. The highest BCUT2D eigenvalue weighted by atomic mass is 19.1. The summed E-state index contributed by atoms with van der Waals surface area (Å²) in [4.78, 5) is 22.5. The van der Waals surface area contributed by atoms with E-state index in [0.29, 0.717) is 35.8 Å². The first-order chi connectivity index (χ1) is 18.2. The van der Waals surface area contributed by atoms with Crippen LogP contribution in [-0.2, 0) is 4.74 Å². The number of ether oxygens (including phenoxy) is 1. The Bertz CT molecular complexity index is 1460. The largest absolute Gasteiger partial charge is 0.453 e. The van der Waals surface area contributed by atoms with Crippen LogP contribution in [0.1, 0.15) is 12.5 Å². The zero-order valence-electron chi connectivity index (χ0n) is 21.2. The van der Waals surface area contributed by atoms with E-state index in [9.17, 15) is 13.6 Å². The molecule has 0 bridgehead atoms. The number of fused-ring (bicyclic) bond motifs is 1. The Morgan fingerprint density at radius 2 is 1.92 bits per heavy atom.